The number of fused-ring (bicyclic) bond motifs is 3. The van der Waals surface area contributed by atoms with Gasteiger partial charge >= 0.3 is 88.7 Å². The Kier molecular flexibility index (Phi) is 15.2. The maximum absolute atomic E-state index is 14.5. The van der Waals surface area contributed by atoms with Gasteiger partial charge in [-0.2, -0.15) is 0 Å². The quantitative estimate of drug-likeness (QED) is 0.0855. The van der Waals surface area contributed by atoms with Crippen molar-refractivity contribution < 1.29 is 147 Å². The van der Waals surface area contributed by atoms with Gasteiger partial charge in [0.2, 0.25) is 12.7 Å². The van der Waals surface area contributed by atoms with E-state index in [9.17, 15) is 34.5 Å². The van der Waals surface area contributed by atoms with E-state index in [1.54, 1.807) is 43.3 Å². The molecule has 0 saturated carbocycles. The summed E-state index contributed by atoms with van der Waals surface area (Å²) in [6.07, 6.45) is -0.925. The number of carboxylic acid groups (broad SMARTS) is 3. The zero-order valence-corrected chi connectivity index (χ0v) is 36.5. The largest absolute Gasteiger partial charge is 1.00 e. The molecule has 2 aliphatic heterocycles. The number of allylic oxidation sites excluding steroid dienone is 1. The summed E-state index contributed by atoms with van der Waals surface area (Å²) in [5.41, 5.74) is 2.59. The van der Waals surface area contributed by atoms with Gasteiger partial charge in [0.05, 0.1) is 5.97 Å². The molecule has 0 spiro atoms. The molecule has 7 rings (SSSR count). The Hall–Kier alpha value is -3.25. The van der Waals surface area contributed by atoms with Crippen molar-refractivity contribution in [3.8, 4) is 11.5 Å². The van der Waals surface area contributed by atoms with E-state index in [1.807, 2.05) is 60.7 Å². The molecular weight excluding hydrogens is 745 g/mol. The first-order valence-electron chi connectivity index (χ1n) is 16.2. The van der Waals surface area contributed by atoms with Gasteiger partial charge in [-0.05, 0) is 71.7 Å². The maximum Gasteiger partial charge on any atom is 1.00 e. The number of hydrogen-bond acceptors (Lipinski definition) is 13. The van der Waals surface area contributed by atoms with Crippen molar-refractivity contribution in [2.45, 2.75) is 49.8 Å². The van der Waals surface area contributed by atoms with E-state index >= 15 is 0 Å². The standard InChI is InChI=1S/C38H32N2O12.3Na/c1-21(26(25-15-16-29-30(18-25)49-20-48-29)9-6-12-31-39-27-10-4-5-11-28(27)50-31)40(19-22-13-14-23-7-2-3-8-24(23)17-22)34(41)32-33(35(42)43)52-38(51-32,36(44)45)37(46)47;;;/h2-8,10-18,21,26,32-33H,9,19-20H2,1H3,(H,42,43)(H,44,45)(H,46,47);;;/q;3*+1/p-3/b12-6+;;;/t21-,26+,32+,33-;;;/m1.../s1. The molecule has 4 aromatic carbocycles. The van der Waals surface area contributed by atoms with Crippen molar-refractivity contribution >= 4 is 51.8 Å². The molecule has 1 saturated heterocycles. The molecule has 0 N–H and O–H groups in total. The first-order chi connectivity index (χ1) is 25.0. The predicted octanol–water partition coefficient (Wildman–Crippen LogP) is -7.94. The molecule has 14 nitrogen and oxygen atoms in total. The van der Waals surface area contributed by atoms with Crippen LogP contribution >= 0.6 is 0 Å². The zero-order valence-electron chi connectivity index (χ0n) is 30.5. The third-order valence-corrected chi connectivity index (χ3v) is 9.18. The van der Waals surface area contributed by atoms with E-state index in [0.29, 0.717) is 39.6 Å². The maximum atomic E-state index is 14.5. The number of carboxylic acids is 3. The van der Waals surface area contributed by atoms with Crippen LogP contribution in [0.3, 0.4) is 0 Å². The van der Waals surface area contributed by atoms with E-state index in [2.05, 4.69) is 4.98 Å². The van der Waals surface area contributed by atoms with Gasteiger partial charge in [0.15, 0.2) is 23.2 Å². The second-order valence-corrected chi connectivity index (χ2v) is 12.4. The molecule has 3 heterocycles. The molecule has 2 aliphatic rings. The van der Waals surface area contributed by atoms with Gasteiger partial charge in [-0.25, -0.2) is 4.98 Å². The first kappa shape index (κ1) is 44.5. The minimum absolute atomic E-state index is 0. The van der Waals surface area contributed by atoms with Gasteiger partial charge < -0.3 is 58.0 Å². The minimum Gasteiger partial charge on any atom is -0.547 e. The van der Waals surface area contributed by atoms with Gasteiger partial charge in [-0.15, -0.1) is 0 Å². The van der Waals surface area contributed by atoms with Gasteiger partial charge in [-0.1, -0.05) is 60.7 Å². The molecule has 0 bridgehead atoms. The number of oxazole rings is 1. The number of amides is 1. The summed E-state index contributed by atoms with van der Waals surface area (Å²) >= 11 is 0. The Morgan fingerprint density at radius 3 is 2.22 bits per heavy atom. The van der Waals surface area contributed by atoms with Crippen LogP contribution < -0.4 is 113 Å². The van der Waals surface area contributed by atoms with Crippen molar-refractivity contribution in [2.24, 2.45) is 0 Å². The normalized spacial score (nSPS) is 17.8. The fourth-order valence-corrected chi connectivity index (χ4v) is 6.51. The number of nitrogens with zero attached hydrogens (tertiary/aromatic N) is 2. The SMILES string of the molecule is C[C@H]([C@H](C/C=C/c1nc2ccccc2o1)c1ccc2c(c1)OCO2)N(Cc1ccc2ccccc2c1)C(=O)[C@H]1OC(C(=O)[O-])(C(=O)[O-])O[C@H]1C(=O)[O-].[Na+].[Na+].[Na+]. The first-order valence-corrected chi connectivity index (χ1v) is 16.2. The van der Waals surface area contributed by atoms with Gasteiger partial charge in [0, 0.05) is 18.5 Å². The van der Waals surface area contributed by atoms with Gasteiger partial charge in [-0.3, -0.25) is 4.79 Å². The summed E-state index contributed by atoms with van der Waals surface area (Å²) < 4.78 is 26.9. The molecule has 5 aromatic rings. The van der Waals surface area contributed by atoms with E-state index in [1.165, 1.54) is 4.90 Å². The second kappa shape index (κ2) is 18.8. The van der Waals surface area contributed by atoms with Crippen molar-refractivity contribution in [3.05, 3.63) is 108 Å². The van der Waals surface area contributed by atoms with Crippen LogP contribution in [0.25, 0.3) is 27.9 Å². The molecule has 1 fully saturated rings. The third kappa shape index (κ3) is 9.16. The molecule has 0 unspecified atom stereocenters. The van der Waals surface area contributed by atoms with Crippen LogP contribution in [0.2, 0.25) is 0 Å². The average Bonchev–Trinajstić information content (AvgIpc) is 3.89. The summed E-state index contributed by atoms with van der Waals surface area (Å²) in [5, 5.41) is 37.8. The van der Waals surface area contributed by atoms with Crippen LogP contribution in [-0.2, 0) is 35.2 Å². The molecular formula is C38H29N2Na3O12. The predicted molar refractivity (Wildman–Crippen MR) is 174 cm³/mol. The Morgan fingerprint density at radius 1 is 0.836 bits per heavy atom. The van der Waals surface area contributed by atoms with Gasteiger partial charge in [0.1, 0.15) is 23.6 Å². The minimum atomic E-state index is -3.68. The van der Waals surface area contributed by atoms with Crippen molar-refractivity contribution in [2.75, 3.05) is 6.79 Å². The van der Waals surface area contributed by atoms with E-state index < -0.39 is 53.8 Å². The van der Waals surface area contributed by atoms with Crippen LogP contribution in [0, 0.1) is 0 Å². The van der Waals surface area contributed by atoms with Crippen LogP contribution in [0.15, 0.2) is 95.4 Å². The number of carbonyl (C=O) groups is 4. The number of rotatable bonds is 12. The molecule has 1 amide bonds. The molecule has 55 heavy (non-hydrogen) atoms. The third-order valence-electron chi connectivity index (χ3n) is 9.18. The molecule has 0 radical (unpaired) electrons. The Labute approximate surface area is 380 Å². The number of hydrogen-bond donors (Lipinski definition) is 0. The van der Waals surface area contributed by atoms with Crippen molar-refractivity contribution in [3.63, 3.8) is 0 Å². The number of aromatic nitrogens is 1. The number of carbonyl (C=O) groups excluding carboxylic acids is 4. The summed E-state index contributed by atoms with van der Waals surface area (Å²) in [5.74, 6) is -10.9. The molecule has 17 heteroatoms. The number of aliphatic carboxylic acids is 3. The molecule has 0 aliphatic carbocycles. The molecule has 266 valence electrons. The van der Waals surface area contributed by atoms with E-state index in [4.69, 9.17) is 23.4 Å². The second-order valence-electron chi connectivity index (χ2n) is 12.4. The van der Waals surface area contributed by atoms with Crippen molar-refractivity contribution in [1.82, 2.24) is 9.88 Å². The summed E-state index contributed by atoms with van der Waals surface area (Å²) in [4.78, 5) is 56.4. The molecule has 4 atom stereocenters. The smallest absolute Gasteiger partial charge is 0.547 e. The summed E-state index contributed by atoms with van der Waals surface area (Å²) in [7, 11) is 0. The fourth-order valence-electron chi connectivity index (χ4n) is 6.51. The summed E-state index contributed by atoms with van der Waals surface area (Å²) in [6, 6.07) is 24.8. The van der Waals surface area contributed by atoms with Crippen LogP contribution in [0.5, 0.6) is 11.5 Å². The number of benzene rings is 4. The summed E-state index contributed by atoms with van der Waals surface area (Å²) in [6.45, 7) is 1.60. The fraction of sp³-hybridized carbons (Fsp3) is 0.237. The van der Waals surface area contributed by atoms with E-state index in [0.717, 1.165) is 10.8 Å². The number of para-hydroxylation sites is 2. The average molecular weight is 775 g/mol. The van der Waals surface area contributed by atoms with Crippen LogP contribution in [-0.4, -0.2) is 64.5 Å². The Bertz CT molecular complexity index is 2200. The Balaban J connectivity index is 0.00000224. The van der Waals surface area contributed by atoms with Crippen molar-refractivity contribution in [1.29, 1.82) is 0 Å². The Morgan fingerprint density at radius 2 is 1.51 bits per heavy atom. The van der Waals surface area contributed by atoms with Gasteiger partial charge in [0.25, 0.3) is 11.7 Å². The van der Waals surface area contributed by atoms with E-state index in [-0.39, 0.29) is 108 Å². The van der Waals surface area contributed by atoms with Crippen LogP contribution in [0.1, 0.15) is 36.3 Å². The van der Waals surface area contributed by atoms with Crippen LogP contribution in [0.4, 0.5) is 0 Å². The monoisotopic (exact) mass is 774 g/mol. The molecule has 1 aromatic heterocycles. The topological polar surface area (TPSA) is 204 Å². The number of ether oxygens (including phenoxy) is 4. The zero-order chi connectivity index (χ0) is 36.6.